The molecule has 0 bridgehead atoms. The van der Waals surface area contributed by atoms with Crippen LogP contribution in [0.2, 0.25) is 0 Å². The number of aryl methyl sites for hydroxylation is 1. The molecule has 320 valence electrons. The number of aromatic nitrogens is 2. The number of halogens is 1. The van der Waals surface area contributed by atoms with E-state index in [0.29, 0.717) is 5.92 Å². The summed E-state index contributed by atoms with van der Waals surface area (Å²) >= 11 is 3.56. The molecule has 6 aromatic carbocycles. The molecule has 0 aliphatic heterocycles. The van der Waals surface area contributed by atoms with Gasteiger partial charge in [0.15, 0.2) is 0 Å². The van der Waals surface area contributed by atoms with Gasteiger partial charge in [-0.1, -0.05) is 170 Å². The van der Waals surface area contributed by atoms with Gasteiger partial charge in [0.25, 0.3) is 0 Å². The van der Waals surface area contributed by atoms with Crippen LogP contribution in [-0.4, -0.2) is 9.97 Å². The number of benzene rings is 6. The molecule has 0 unspecified atom stereocenters. The maximum Gasteiger partial charge on any atom is 0.106 e. The molecule has 0 aliphatic rings. The van der Waals surface area contributed by atoms with Crippen molar-refractivity contribution in [1.29, 1.82) is 0 Å². The van der Waals surface area contributed by atoms with Crippen LogP contribution in [0.25, 0.3) is 65.6 Å². The summed E-state index contributed by atoms with van der Waals surface area (Å²) in [6.45, 7) is 31.9. The molecular weight excluding hydrogens is 817 g/mol. The highest BCUT2D eigenvalue weighted by molar-refractivity contribution is 9.10. The second kappa shape index (κ2) is 17.0. The average molecular weight is 884 g/mol. The van der Waals surface area contributed by atoms with E-state index in [0.717, 1.165) is 28.8 Å². The molecule has 0 atom stereocenters. The Bertz CT molecular complexity index is 2920. The molecule has 0 spiro atoms. The highest BCUT2D eigenvalue weighted by Crippen LogP contribution is 2.41. The Labute approximate surface area is 380 Å². The van der Waals surface area contributed by atoms with E-state index in [4.69, 9.17) is 9.97 Å². The molecule has 8 rings (SSSR count). The van der Waals surface area contributed by atoms with Crippen LogP contribution in [0.3, 0.4) is 0 Å². The van der Waals surface area contributed by atoms with E-state index in [1.54, 1.807) is 0 Å². The minimum atomic E-state index is 0.0984. The number of hydrogen-bond donors (Lipinski definition) is 0. The predicted molar refractivity (Wildman–Crippen MR) is 275 cm³/mol. The van der Waals surface area contributed by atoms with Crippen molar-refractivity contribution in [2.24, 2.45) is 5.92 Å². The summed E-state index contributed by atoms with van der Waals surface area (Å²) in [5, 5.41) is 10.2. The van der Waals surface area contributed by atoms with Gasteiger partial charge in [0.2, 0.25) is 0 Å². The van der Waals surface area contributed by atoms with Crippen LogP contribution in [0.4, 0.5) is 0 Å². The monoisotopic (exact) mass is 882 g/mol. The topological polar surface area (TPSA) is 25.8 Å². The van der Waals surface area contributed by atoms with Gasteiger partial charge in [-0.05, 0) is 170 Å². The molecule has 2 heterocycles. The van der Waals surface area contributed by atoms with E-state index in [1.807, 2.05) is 6.07 Å². The Kier molecular flexibility index (Phi) is 12.4. The highest BCUT2D eigenvalue weighted by Gasteiger charge is 2.22. The van der Waals surface area contributed by atoms with Gasteiger partial charge >= 0.3 is 0 Å². The van der Waals surface area contributed by atoms with Gasteiger partial charge in [-0.2, -0.15) is 0 Å². The largest absolute Gasteiger partial charge is 0.253 e. The van der Waals surface area contributed by atoms with Crippen molar-refractivity contribution in [3.63, 3.8) is 0 Å². The molecule has 0 radical (unpaired) electrons. The molecule has 62 heavy (non-hydrogen) atoms. The number of rotatable bonds is 5. The van der Waals surface area contributed by atoms with Crippen LogP contribution in [-0.2, 0) is 28.1 Å². The molecule has 8 aromatic rings. The Morgan fingerprint density at radius 3 is 1.24 bits per heavy atom. The summed E-state index contributed by atoms with van der Waals surface area (Å²) in [7, 11) is 0. The molecule has 3 heteroatoms. The average Bonchev–Trinajstić information content (AvgIpc) is 3.19. The van der Waals surface area contributed by atoms with Gasteiger partial charge in [-0.3, -0.25) is 4.98 Å². The third-order valence-corrected chi connectivity index (χ3v) is 12.8. The maximum atomic E-state index is 5.18. The van der Waals surface area contributed by atoms with Crippen LogP contribution in [0.1, 0.15) is 131 Å². The second-order valence-electron chi connectivity index (χ2n) is 22.0. The second-order valence-corrected chi connectivity index (χ2v) is 22.9. The molecule has 0 fully saturated rings. The zero-order valence-corrected chi connectivity index (χ0v) is 41.4. The first-order valence-electron chi connectivity index (χ1n) is 22.6. The molecule has 2 nitrogen and oxygen atoms in total. The lowest BCUT2D eigenvalue weighted by molar-refractivity contribution is 0.581. The summed E-state index contributed by atoms with van der Waals surface area (Å²) in [6, 6.07) is 45.1. The van der Waals surface area contributed by atoms with E-state index in [1.165, 1.54) is 82.2 Å². The Morgan fingerprint density at radius 1 is 0.419 bits per heavy atom. The summed E-state index contributed by atoms with van der Waals surface area (Å²) < 4.78 is 0.860. The molecular formula is C59H67BrN2. The summed E-state index contributed by atoms with van der Waals surface area (Å²) in [5.41, 5.74) is 11.6. The van der Waals surface area contributed by atoms with Crippen molar-refractivity contribution >= 4 is 59.0 Å². The lowest BCUT2D eigenvalue weighted by atomic mass is 9.82. The molecule has 0 saturated heterocycles. The first-order chi connectivity index (χ1) is 29.0. The third kappa shape index (κ3) is 9.84. The smallest absolute Gasteiger partial charge is 0.106 e. The zero-order valence-electron chi connectivity index (χ0n) is 39.8. The van der Waals surface area contributed by atoms with Gasteiger partial charge in [-0.15, -0.1) is 0 Å². The van der Waals surface area contributed by atoms with Crippen LogP contribution in [0, 0.1) is 5.92 Å². The maximum absolute atomic E-state index is 5.18. The first-order valence-corrected chi connectivity index (χ1v) is 23.4. The molecule has 2 aromatic heterocycles. The number of fused-ring (bicyclic) bond motifs is 4. The summed E-state index contributed by atoms with van der Waals surface area (Å²) in [6.07, 6.45) is 2.19. The minimum absolute atomic E-state index is 0.0984. The van der Waals surface area contributed by atoms with Crippen LogP contribution in [0.5, 0.6) is 0 Å². The molecule has 0 saturated carbocycles. The molecule has 0 amide bonds. The van der Waals surface area contributed by atoms with E-state index < -0.39 is 0 Å². The number of pyridine rings is 2. The van der Waals surface area contributed by atoms with Gasteiger partial charge in [0.1, 0.15) is 4.60 Å². The van der Waals surface area contributed by atoms with Crippen molar-refractivity contribution in [3.8, 4) is 22.5 Å². The number of hydrogen-bond acceptors (Lipinski definition) is 2. The van der Waals surface area contributed by atoms with Crippen molar-refractivity contribution in [2.75, 3.05) is 0 Å². The van der Waals surface area contributed by atoms with Crippen molar-refractivity contribution < 1.29 is 0 Å². The lowest BCUT2D eigenvalue weighted by Crippen LogP contribution is -2.11. The zero-order chi connectivity index (χ0) is 44.9. The number of nitrogens with zero attached hydrogens (tertiary/aromatic N) is 2. The van der Waals surface area contributed by atoms with Gasteiger partial charge < -0.3 is 0 Å². The Balaban J connectivity index is 0.000000188. The van der Waals surface area contributed by atoms with Crippen LogP contribution in [0.15, 0.2) is 126 Å². The van der Waals surface area contributed by atoms with Gasteiger partial charge in [-0.25, -0.2) is 4.98 Å². The molecule has 0 aliphatic carbocycles. The normalized spacial score (nSPS) is 12.7. The molecule has 0 N–H and O–H groups in total. The summed E-state index contributed by atoms with van der Waals surface area (Å²) in [4.78, 5) is 10.0. The van der Waals surface area contributed by atoms with E-state index in [2.05, 4.69) is 228 Å². The van der Waals surface area contributed by atoms with Crippen molar-refractivity contribution in [2.45, 2.75) is 131 Å². The van der Waals surface area contributed by atoms with E-state index in [9.17, 15) is 0 Å². The highest BCUT2D eigenvalue weighted by atomic mass is 79.9. The van der Waals surface area contributed by atoms with Gasteiger partial charge in [0, 0.05) is 16.8 Å². The fraction of sp³-hybridized carbons (Fsp3) is 0.356. The lowest BCUT2D eigenvalue weighted by Gasteiger charge is -2.22. The minimum Gasteiger partial charge on any atom is -0.253 e. The SMILES string of the molecule is CC(C)(C)c1ccc2c(-c3cccc(Br)n3)c3cc(C(C)(C)C)ccc3cc2c1.CC(C)CCc1cccc(-c2c3ccc(C(C)(C)C)cc3cc3ccc(C(C)(C)C)cc23)n1. The Hall–Kier alpha value is -4.86. The Morgan fingerprint density at radius 2 is 0.823 bits per heavy atom. The van der Waals surface area contributed by atoms with Crippen molar-refractivity contribution in [1.82, 2.24) is 9.97 Å². The standard InChI is InChI=1S/C32H39N.C27H28BrN/c1-21(2)12-16-26-10-9-11-29(33-26)30-27-17-15-24(31(3,4)5)19-23(27)18-22-13-14-25(20-28(22)30)32(6,7)8;1-26(2,3)19-12-13-21-18(15-19)14-17-10-11-20(27(4,5)6)16-22(17)25(21)23-8-7-9-24(28)29-23/h9-11,13-15,17-21H,12,16H2,1-8H3;7-16H,1-6H3. The van der Waals surface area contributed by atoms with Crippen LogP contribution < -0.4 is 0 Å². The third-order valence-electron chi connectivity index (χ3n) is 12.4. The summed E-state index contributed by atoms with van der Waals surface area (Å²) in [5.74, 6) is 0.680. The van der Waals surface area contributed by atoms with E-state index >= 15 is 0 Å². The van der Waals surface area contributed by atoms with E-state index in [-0.39, 0.29) is 21.7 Å². The first kappa shape index (κ1) is 45.2. The van der Waals surface area contributed by atoms with Gasteiger partial charge in [0.05, 0.1) is 11.4 Å². The van der Waals surface area contributed by atoms with Crippen LogP contribution >= 0.6 is 15.9 Å². The van der Waals surface area contributed by atoms with Crippen molar-refractivity contribution in [3.05, 3.63) is 154 Å². The fourth-order valence-corrected chi connectivity index (χ4v) is 8.75. The quantitative estimate of drug-likeness (QED) is 0.127. The predicted octanol–water partition coefficient (Wildman–Crippen LogP) is 17.7. The fourth-order valence-electron chi connectivity index (χ4n) is 8.40.